The zero-order chi connectivity index (χ0) is 7.98. The molecule has 4 nitrogen and oxygen atoms in total. The predicted molar refractivity (Wildman–Crippen MR) is 37.9 cm³/mol. The summed E-state index contributed by atoms with van der Waals surface area (Å²) in [7, 11) is 0. The molecule has 0 unspecified atom stereocenters. The molecule has 0 aliphatic heterocycles. The molecule has 56 valence electrons. The number of aliphatic imine (C=N–C) groups is 1. The zero-order valence-electron chi connectivity index (χ0n) is 5.96. The zero-order valence-corrected chi connectivity index (χ0v) is 5.96. The summed E-state index contributed by atoms with van der Waals surface area (Å²) in [6.45, 7) is 3.71. The molecule has 4 heteroatoms. The number of hydroxylamine groups is 1. The molecule has 2 N–H and O–H groups in total. The van der Waals surface area contributed by atoms with Crippen LogP contribution in [0.5, 0.6) is 0 Å². The Morgan fingerprint density at radius 3 is 2.60 bits per heavy atom. The van der Waals surface area contributed by atoms with Crippen molar-refractivity contribution in [1.29, 1.82) is 0 Å². The van der Waals surface area contributed by atoms with E-state index in [1.54, 1.807) is 0 Å². The lowest BCUT2D eigenvalue weighted by molar-refractivity contribution is -0.121. The highest BCUT2D eigenvalue weighted by atomic mass is 16.5. The summed E-state index contributed by atoms with van der Waals surface area (Å²) in [5.74, 6) is -0.627. The van der Waals surface area contributed by atoms with E-state index in [1.165, 1.54) is 11.7 Å². The lowest BCUT2D eigenvalue weighted by Gasteiger charge is -1.85. The molecule has 0 aromatic heterocycles. The van der Waals surface area contributed by atoms with E-state index in [1.807, 2.05) is 13.8 Å². The SMILES string of the molecule is CC(C)=C/N=C\C(=O)NO. The van der Waals surface area contributed by atoms with E-state index in [0.717, 1.165) is 11.8 Å². The van der Waals surface area contributed by atoms with Crippen molar-refractivity contribution in [2.75, 3.05) is 0 Å². The van der Waals surface area contributed by atoms with Gasteiger partial charge in [0.2, 0.25) is 0 Å². The van der Waals surface area contributed by atoms with E-state index in [4.69, 9.17) is 5.21 Å². The molecule has 0 aliphatic rings. The van der Waals surface area contributed by atoms with E-state index in [0.29, 0.717) is 0 Å². The van der Waals surface area contributed by atoms with Gasteiger partial charge in [0.25, 0.3) is 5.91 Å². The van der Waals surface area contributed by atoms with Crippen molar-refractivity contribution in [2.45, 2.75) is 13.8 Å². The quantitative estimate of drug-likeness (QED) is 0.335. The summed E-state index contributed by atoms with van der Waals surface area (Å²) >= 11 is 0. The van der Waals surface area contributed by atoms with Crippen LogP contribution in [0.25, 0.3) is 0 Å². The molecule has 0 spiro atoms. The number of amides is 1. The number of carbonyl (C=O) groups is 1. The van der Waals surface area contributed by atoms with E-state index >= 15 is 0 Å². The number of carbonyl (C=O) groups excluding carboxylic acids is 1. The topological polar surface area (TPSA) is 61.7 Å². The number of hydrogen-bond acceptors (Lipinski definition) is 3. The Balaban J connectivity index is 3.77. The Kier molecular flexibility index (Phi) is 4.15. The molecule has 0 aromatic rings. The van der Waals surface area contributed by atoms with E-state index < -0.39 is 5.91 Å². The van der Waals surface area contributed by atoms with Gasteiger partial charge >= 0.3 is 0 Å². The van der Waals surface area contributed by atoms with Crippen molar-refractivity contribution in [3.05, 3.63) is 11.8 Å². The van der Waals surface area contributed by atoms with E-state index in [-0.39, 0.29) is 0 Å². The van der Waals surface area contributed by atoms with Crippen LogP contribution in [0.1, 0.15) is 13.8 Å². The summed E-state index contributed by atoms with van der Waals surface area (Å²) < 4.78 is 0. The predicted octanol–water partition coefficient (Wildman–Crippen LogP) is 0.486. The highest BCUT2D eigenvalue weighted by molar-refractivity contribution is 6.25. The lowest BCUT2D eigenvalue weighted by Crippen LogP contribution is -2.19. The molecule has 1 amide bonds. The fraction of sp³-hybridized carbons (Fsp3) is 0.333. The third-order valence-electron chi connectivity index (χ3n) is 0.635. The average molecular weight is 142 g/mol. The first-order valence-corrected chi connectivity index (χ1v) is 2.77. The second-order valence-corrected chi connectivity index (χ2v) is 1.96. The van der Waals surface area contributed by atoms with Gasteiger partial charge in [-0.05, 0) is 13.8 Å². The second-order valence-electron chi connectivity index (χ2n) is 1.96. The third kappa shape index (κ3) is 4.99. The molecule has 0 radical (unpaired) electrons. The summed E-state index contributed by atoms with van der Waals surface area (Å²) in [5, 5.41) is 7.99. The molecule has 0 rings (SSSR count). The molecular weight excluding hydrogens is 132 g/mol. The first-order chi connectivity index (χ1) is 4.66. The van der Waals surface area contributed by atoms with Crippen LogP contribution in [0, 0.1) is 0 Å². The van der Waals surface area contributed by atoms with Crippen LogP contribution >= 0.6 is 0 Å². The van der Waals surface area contributed by atoms with Crippen molar-refractivity contribution < 1.29 is 10.0 Å². The molecule has 0 atom stereocenters. The van der Waals surface area contributed by atoms with Gasteiger partial charge in [0.1, 0.15) is 0 Å². The van der Waals surface area contributed by atoms with Crippen molar-refractivity contribution in [1.82, 2.24) is 5.48 Å². The maximum Gasteiger partial charge on any atom is 0.285 e. The highest BCUT2D eigenvalue weighted by Gasteiger charge is 1.86. The van der Waals surface area contributed by atoms with E-state index in [9.17, 15) is 4.79 Å². The monoisotopic (exact) mass is 142 g/mol. The first kappa shape index (κ1) is 8.84. The van der Waals surface area contributed by atoms with Gasteiger partial charge in [0.15, 0.2) is 0 Å². The fourth-order valence-electron chi connectivity index (χ4n) is 0.283. The van der Waals surface area contributed by atoms with Gasteiger partial charge in [-0.2, -0.15) is 0 Å². The summed E-state index contributed by atoms with van der Waals surface area (Å²) in [5.41, 5.74) is 2.41. The molecule has 0 aromatic carbocycles. The maximum atomic E-state index is 10.3. The molecule has 0 aliphatic carbocycles. The minimum absolute atomic E-state index is 0.627. The minimum Gasteiger partial charge on any atom is -0.288 e. The number of nitrogens with zero attached hydrogens (tertiary/aromatic N) is 1. The third-order valence-corrected chi connectivity index (χ3v) is 0.635. The van der Waals surface area contributed by atoms with Gasteiger partial charge in [0, 0.05) is 6.20 Å². The number of hydrogen-bond donors (Lipinski definition) is 2. The Morgan fingerprint density at radius 2 is 2.20 bits per heavy atom. The highest BCUT2D eigenvalue weighted by Crippen LogP contribution is 1.86. The van der Waals surface area contributed by atoms with Crippen LogP contribution in [-0.2, 0) is 4.79 Å². The lowest BCUT2D eigenvalue weighted by atomic mass is 10.4. The normalized spacial score (nSPS) is 9.50. The van der Waals surface area contributed by atoms with Crippen molar-refractivity contribution in [2.24, 2.45) is 4.99 Å². The molecule has 0 heterocycles. The first-order valence-electron chi connectivity index (χ1n) is 2.77. The molecule has 0 fully saturated rings. The molecule has 10 heavy (non-hydrogen) atoms. The average Bonchev–Trinajstić information content (AvgIpc) is 1.87. The van der Waals surface area contributed by atoms with Crippen LogP contribution in [0.3, 0.4) is 0 Å². The van der Waals surface area contributed by atoms with Crippen LogP contribution < -0.4 is 5.48 Å². The van der Waals surface area contributed by atoms with Crippen molar-refractivity contribution in [3.63, 3.8) is 0 Å². The minimum atomic E-state index is -0.627. The standard InChI is InChI=1S/C6H10N2O2/c1-5(2)3-7-4-6(9)8-10/h3-4,10H,1-2H3,(H,8,9)/b7-4-. The van der Waals surface area contributed by atoms with Gasteiger partial charge < -0.3 is 0 Å². The Hall–Kier alpha value is -1.16. The van der Waals surface area contributed by atoms with Crippen molar-refractivity contribution in [3.8, 4) is 0 Å². The summed E-state index contributed by atoms with van der Waals surface area (Å²) in [6.07, 6.45) is 2.52. The van der Waals surface area contributed by atoms with Gasteiger partial charge in [0.05, 0.1) is 6.21 Å². The fourth-order valence-corrected chi connectivity index (χ4v) is 0.283. The van der Waals surface area contributed by atoms with E-state index in [2.05, 4.69) is 4.99 Å². The number of allylic oxidation sites excluding steroid dienone is 1. The molecular formula is C6H10N2O2. The maximum absolute atomic E-state index is 10.3. The summed E-state index contributed by atoms with van der Waals surface area (Å²) in [6, 6.07) is 0. The molecule has 0 saturated heterocycles. The number of rotatable bonds is 2. The smallest absolute Gasteiger partial charge is 0.285 e. The van der Waals surface area contributed by atoms with Crippen LogP contribution in [0.4, 0.5) is 0 Å². The van der Waals surface area contributed by atoms with Gasteiger partial charge in [-0.1, -0.05) is 5.57 Å². The van der Waals surface area contributed by atoms with Crippen molar-refractivity contribution >= 4 is 12.1 Å². The molecule has 0 saturated carbocycles. The largest absolute Gasteiger partial charge is 0.288 e. The van der Waals surface area contributed by atoms with Crippen LogP contribution in [-0.4, -0.2) is 17.3 Å². The van der Waals surface area contributed by atoms with Gasteiger partial charge in [-0.3, -0.25) is 15.0 Å². The second kappa shape index (κ2) is 4.69. The van der Waals surface area contributed by atoms with Gasteiger partial charge in [-0.25, -0.2) is 5.48 Å². The molecule has 0 bridgehead atoms. The van der Waals surface area contributed by atoms with Gasteiger partial charge in [-0.15, -0.1) is 0 Å². The Morgan fingerprint density at radius 1 is 1.60 bits per heavy atom. The number of nitrogens with one attached hydrogen (secondary N) is 1. The van der Waals surface area contributed by atoms with Crippen LogP contribution in [0.15, 0.2) is 16.8 Å². The Bertz CT molecular complexity index is 169. The Labute approximate surface area is 59.2 Å². The summed E-state index contributed by atoms with van der Waals surface area (Å²) in [4.78, 5) is 13.8. The van der Waals surface area contributed by atoms with Crippen LogP contribution in [0.2, 0.25) is 0 Å².